The fourth-order valence-electron chi connectivity index (χ4n) is 2.26. The van der Waals surface area contributed by atoms with Crippen molar-refractivity contribution in [2.45, 2.75) is 9.92 Å². The molecule has 2 aromatic carbocycles. The number of anilines is 1. The number of nitrogens with zero attached hydrogens (tertiary/aromatic N) is 2. The van der Waals surface area contributed by atoms with E-state index in [4.69, 9.17) is 0 Å². The topological polar surface area (TPSA) is 106 Å². The molecule has 0 aliphatic rings. The van der Waals surface area contributed by atoms with Crippen molar-refractivity contribution >= 4 is 37.1 Å². The van der Waals surface area contributed by atoms with Crippen LogP contribution in [0.1, 0.15) is 0 Å². The predicted molar refractivity (Wildman–Crippen MR) is 107 cm³/mol. The molecule has 0 atom stereocenters. The molecule has 1 aromatic heterocycles. The van der Waals surface area contributed by atoms with E-state index >= 15 is 0 Å². The van der Waals surface area contributed by atoms with Crippen LogP contribution >= 0.6 is 11.3 Å². The van der Waals surface area contributed by atoms with Crippen molar-refractivity contribution in [3.8, 4) is 10.6 Å². The molecule has 1 heterocycles. The van der Waals surface area contributed by atoms with Gasteiger partial charge in [0.15, 0.2) is 5.03 Å². The molecular formula is C17H16FN3O5S3. The maximum atomic E-state index is 13.0. The van der Waals surface area contributed by atoms with Gasteiger partial charge < -0.3 is 0 Å². The van der Waals surface area contributed by atoms with Crippen molar-refractivity contribution in [2.75, 3.05) is 18.9 Å². The molecule has 0 radical (unpaired) electrons. The Morgan fingerprint density at radius 3 is 2.24 bits per heavy atom. The smallest absolute Gasteiger partial charge is 0.280 e. The lowest BCUT2D eigenvalue weighted by Gasteiger charge is -2.14. The molecular weight excluding hydrogens is 441 g/mol. The van der Waals surface area contributed by atoms with Crippen molar-refractivity contribution in [3.05, 3.63) is 59.7 Å². The monoisotopic (exact) mass is 457 g/mol. The Balaban J connectivity index is 1.80. The molecule has 3 rings (SSSR count). The molecule has 0 spiro atoms. The Bertz CT molecular complexity index is 1210. The first-order valence-corrected chi connectivity index (χ1v) is 11.8. The molecule has 3 aromatic rings. The Morgan fingerprint density at radius 2 is 1.66 bits per heavy atom. The summed E-state index contributed by atoms with van der Waals surface area (Å²) in [7, 11) is -5.36. The van der Waals surface area contributed by atoms with Crippen LogP contribution in [0.4, 0.5) is 10.1 Å². The van der Waals surface area contributed by atoms with E-state index in [1.54, 1.807) is 0 Å². The van der Waals surface area contributed by atoms with Crippen LogP contribution in [-0.2, 0) is 24.9 Å². The van der Waals surface area contributed by atoms with E-state index < -0.39 is 25.9 Å². The first-order chi connectivity index (χ1) is 13.6. The highest BCUT2D eigenvalue weighted by molar-refractivity contribution is 7.92. The van der Waals surface area contributed by atoms with Gasteiger partial charge in [0.05, 0.1) is 12.0 Å². The SMILES string of the molecule is CON(C)S(=O)(=O)c1ccc(NS(=O)(=O)c2csc(-c3ccc(F)cc3)n2)cc1. The third-order valence-corrected chi connectivity index (χ3v) is 7.85. The third-order valence-electron chi connectivity index (χ3n) is 3.85. The average Bonchev–Trinajstić information content (AvgIpc) is 3.19. The van der Waals surface area contributed by atoms with Gasteiger partial charge in [-0.1, -0.05) is 4.47 Å². The van der Waals surface area contributed by atoms with E-state index in [-0.39, 0.29) is 15.6 Å². The Hall–Kier alpha value is -2.38. The Morgan fingerprint density at radius 1 is 1.03 bits per heavy atom. The van der Waals surface area contributed by atoms with Gasteiger partial charge in [-0.15, -0.1) is 11.3 Å². The highest BCUT2D eigenvalue weighted by atomic mass is 32.2. The van der Waals surface area contributed by atoms with Gasteiger partial charge in [0.1, 0.15) is 10.8 Å². The van der Waals surface area contributed by atoms with Crippen molar-refractivity contribution < 1.29 is 26.1 Å². The lowest BCUT2D eigenvalue weighted by Crippen LogP contribution is -2.25. The molecule has 1 N–H and O–H groups in total. The van der Waals surface area contributed by atoms with Crippen LogP contribution in [0.25, 0.3) is 10.6 Å². The summed E-state index contributed by atoms with van der Waals surface area (Å²) in [6, 6.07) is 10.7. The summed E-state index contributed by atoms with van der Waals surface area (Å²) in [4.78, 5) is 8.73. The van der Waals surface area contributed by atoms with Crippen LogP contribution in [0.5, 0.6) is 0 Å². The molecule has 0 fully saturated rings. The summed E-state index contributed by atoms with van der Waals surface area (Å²) in [5, 5.41) is 1.60. The van der Waals surface area contributed by atoms with Crippen molar-refractivity contribution in [2.24, 2.45) is 0 Å². The maximum Gasteiger partial charge on any atom is 0.280 e. The average molecular weight is 458 g/mol. The molecule has 0 unspecified atom stereocenters. The summed E-state index contributed by atoms with van der Waals surface area (Å²) in [5.74, 6) is -0.401. The van der Waals surface area contributed by atoms with E-state index in [2.05, 4.69) is 14.5 Å². The summed E-state index contributed by atoms with van der Waals surface area (Å²) in [6.07, 6.45) is 0. The number of sulfonamides is 2. The van der Waals surface area contributed by atoms with Gasteiger partial charge in [-0.05, 0) is 48.5 Å². The highest BCUT2D eigenvalue weighted by Gasteiger charge is 2.22. The van der Waals surface area contributed by atoms with E-state index in [1.165, 1.54) is 68.1 Å². The fourth-order valence-corrected chi connectivity index (χ4v) is 5.39. The number of benzene rings is 2. The molecule has 0 aliphatic heterocycles. The van der Waals surface area contributed by atoms with E-state index in [0.717, 1.165) is 11.3 Å². The number of rotatable bonds is 7. The van der Waals surface area contributed by atoms with Crippen LogP contribution in [0.2, 0.25) is 0 Å². The number of nitrogens with one attached hydrogen (secondary N) is 1. The zero-order chi connectivity index (χ0) is 21.2. The largest absolute Gasteiger partial charge is 0.288 e. The van der Waals surface area contributed by atoms with Gasteiger partial charge in [0.2, 0.25) is 0 Å². The molecule has 154 valence electrons. The summed E-state index contributed by atoms with van der Waals surface area (Å²) < 4.78 is 65.5. The number of hydroxylamine groups is 1. The zero-order valence-corrected chi connectivity index (χ0v) is 17.7. The van der Waals surface area contributed by atoms with E-state index in [1.807, 2.05) is 0 Å². The zero-order valence-electron chi connectivity index (χ0n) is 15.2. The number of hydrogen-bond acceptors (Lipinski definition) is 7. The second kappa shape index (κ2) is 8.16. The van der Waals surface area contributed by atoms with Gasteiger partial charge in [-0.3, -0.25) is 9.56 Å². The van der Waals surface area contributed by atoms with Crippen LogP contribution in [0.3, 0.4) is 0 Å². The lowest BCUT2D eigenvalue weighted by atomic mass is 10.2. The number of halogens is 1. The predicted octanol–water partition coefficient (Wildman–Crippen LogP) is 2.93. The summed E-state index contributed by atoms with van der Waals surface area (Å²) >= 11 is 1.11. The summed E-state index contributed by atoms with van der Waals surface area (Å²) in [6.45, 7) is 0. The normalized spacial score (nSPS) is 12.3. The van der Waals surface area contributed by atoms with Crippen molar-refractivity contribution in [3.63, 3.8) is 0 Å². The maximum absolute atomic E-state index is 13.0. The molecule has 12 heteroatoms. The minimum atomic E-state index is -3.99. The molecule has 8 nitrogen and oxygen atoms in total. The van der Waals surface area contributed by atoms with Crippen LogP contribution < -0.4 is 4.72 Å². The van der Waals surface area contributed by atoms with E-state index in [0.29, 0.717) is 15.0 Å². The number of hydrogen-bond donors (Lipinski definition) is 1. The molecule has 0 amide bonds. The van der Waals surface area contributed by atoms with E-state index in [9.17, 15) is 21.2 Å². The van der Waals surface area contributed by atoms with Crippen LogP contribution in [0.15, 0.2) is 63.8 Å². The first-order valence-electron chi connectivity index (χ1n) is 8.01. The van der Waals surface area contributed by atoms with Gasteiger partial charge in [-0.25, -0.2) is 17.8 Å². The van der Waals surface area contributed by atoms with Gasteiger partial charge in [-0.2, -0.15) is 8.42 Å². The molecule has 0 saturated carbocycles. The minimum absolute atomic E-state index is 0.0583. The number of thiazole rings is 1. The number of aromatic nitrogens is 1. The Labute approximate surface area is 171 Å². The summed E-state index contributed by atoms with van der Waals surface area (Å²) in [5.41, 5.74) is 0.759. The van der Waals surface area contributed by atoms with Crippen LogP contribution in [-0.4, -0.2) is 40.4 Å². The lowest BCUT2D eigenvalue weighted by molar-refractivity contribution is -0.0258. The second-order valence-corrected chi connectivity index (χ2v) is 10.1. The standard InChI is InChI=1S/C17H16FN3O5S3/c1-21(26-2)29(24,25)15-9-7-14(8-10-15)20-28(22,23)16-11-27-17(19-16)12-3-5-13(18)6-4-12/h3-11,20H,1-2H3. The van der Waals surface area contributed by atoms with Crippen molar-refractivity contribution in [1.29, 1.82) is 0 Å². The van der Waals surface area contributed by atoms with Gasteiger partial charge >= 0.3 is 0 Å². The molecule has 0 aliphatic carbocycles. The van der Waals surface area contributed by atoms with Crippen molar-refractivity contribution in [1.82, 2.24) is 9.45 Å². The third kappa shape index (κ3) is 4.62. The highest BCUT2D eigenvalue weighted by Crippen LogP contribution is 2.27. The van der Waals surface area contributed by atoms with Crippen LogP contribution in [0, 0.1) is 5.82 Å². The molecule has 0 bridgehead atoms. The molecule has 29 heavy (non-hydrogen) atoms. The van der Waals surface area contributed by atoms with Gasteiger partial charge in [0, 0.05) is 23.7 Å². The first kappa shape index (κ1) is 21.3. The Kier molecular flexibility index (Phi) is 6.00. The fraction of sp³-hybridized carbons (Fsp3) is 0.118. The molecule has 0 saturated heterocycles. The minimum Gasteiger partial charge on any atom is -0.288 e. The second-order valence-electron chi connectivity index (χ2n) is 5.72. The van der Waals surface area contributed by atoms with Gasteiger partial charge in [0.25, 0.3) is 20.0 Å². The quantitative estimate of drug-likeness (QED) is 0.547.